The van der Waals surface area contributed by atoms with Gasteiger partial charge < -0.3 is 10.1 Å². The van der Waals surface area contributed by atoms with Crippen LogP contribution >= 0.6 is 11.3 Å². The zero-order valence-electron chi connectivity index (χ0n) is 18.6. The second kappa shape index (κ2) is 9.44. The molecule has 9 heteroatoms. The van der Waals surface area contributed by atoms with Gasteiger partial charge in [0.1, 0.15) is 15.7 Å². The predicted molar refractivity (Wildman–Crippen MR) is 124 cm³/mol. The van der Waals surface area contributed by atoms with Gasteiger partial charge in [-0.2, -0.15) is 0 Å². The number of fused-ring (bicyclic) bond motifs is 1. The summed E-state index contributed by atoms with van der Waals surface area (Å²) in [5.41, 5.74) is 1.15. The number of esters is 1. The van der Waals surface area contributed by atoms with Crippen molar-refractivity contribution in [3.8, 4) is 0 Å². The molecule has 3 aromatic rings. The van der Waals surface area contributed by atoms with E-state index in [0.29, 0.717) is 31.9 Å². The normalized spacial score (nSPS) is 12.1. The minimum atomic E-state index is -0.845. The Labute approximate surface area is 189 Å². The molecule has 2 heterocycles. The standard InChI is InChI=1S/C23H25N3O5S/c1-12(2)10-31-23(30)19-13(3)18-21(32-19)24-11-26(22(18)29)14(4)20(28)25-17-8-6-16(7-9-17)15(5)27/h6-9,11-12,14H,10H2,1-5H3,(H,25,28). The van der Waals surface area contributed by atoms with Gasteiger partial charge in [-0.15, -0.1) is 11.3 Å². The summed E-state index contributed by atoms with van der Waals surface area (Å²) in [7, 11) is 0. The highest BCUT2D eigenvalue weighted by molar-refractivity contribution is 7.20. The molecule has 0 aliphatic carbocycles. The number of thiophene rings is 1. The highest BCUT2D eigenvalue weighted by Crippen LogP contribution is 2.28. The van der Waals surface area contributed by atoms with Gasteiger partial charge in [0.2, 0.25) is 5.91 Å². The zero-order valence-corrected chi connectivity index (χ0v) is 19.4. The molecule has 32 heavy (non-hydrogen) atoms. The van der Waals surface area contributed by atoms with Gasteiger partial charge >= 0.3 is 5.97 Å². The molecule has 1 unspecified atom stereocenters. The third-order valence-electron chi connectivity index (χ3n) is 4.96. The first-order valence-corrected chi connectivity index (χ1v) is 11.0. The monoisotopic (exact) mass is 455 g/mol. The molecule has 168 valence electrons. The first kappa shape index (κ1) is 23.3. The molecular formula is C23H25N3O5S. The quantitative estimate of drug-likeness (QED) is 0.426. The fourth-order valence-corrected chi connectivity index (χ4v) is 4.11. The number of hydrogen-bond acceptors (Lipinski definition) is 7. The molecule has 2 aromatic heterocycles. The Morgan fingerprint density at radius 1 is 1.16 bits per heavy atom. The number of aromatic nitrogens is 2. The molecule has 0 bridgehead atoms. The lowest BCUT2D eigenvalue weighted by molar-refractivity contribution is -0.118. The minimum Gasteiger partial charge on any atom is -0.461 e. The number of nitrogens with one attached hydrogen (secondary N) is 1. The van der Waals surface area contributed by atoms with Crippen LogP contribution in [0.1, 0.15) is 59.3 Å². The number of rotatable bonds is 7. The highest BCUT2D eigenvalue weighted by atomic mass is 32.1. The maximum Gasteiger partial charge on any atom is 0.348 e. The number of anilines is 1. The average molecular weight is 456 g/mol. The Kier molecular flexibility index (Phi) is 6.88. The molecule has 8 nitrogen and oxygen atoms in total. The van der Waals surface area contributed by atoms with E-state index in [1.165, 1.54) is 17.8 Å². The van der Waals surface area contributed by atoms with E-state index in [1.54, 1.807) is 38.1 Å². The number of hydrogen-bond donors (Lipinski definition) is 1. The summed E-state index contributed by atoms with van der Waals surface area (Å²) >= 11 is 1.11. The third kappa shape index (κ3) is 4.77. The number of Topliss-reactive ketones (excluding diaryl/α,β-unsaturated/α-hetero) is 1. The van der Waals surface area contributed by atoms with Gasteiger partial charge in [0.25, 0.3) is 5.56 Å². The summed E-state index contributed by atoms with van der Waals surface area (Å²) in [6, 6.07) is 5.66. The molecule has 0 aliphatic heterocycles. The molecule has 1 aromatic carbocycles. The van der Waals surface area contributed by atoms with Crippen molar-refractivity contribution < 1.29 is 19.1 Å². The van der Waals surface area contributed by atoms with Gasteiger partial charge in [-0.1, -0.05) is 13.8 Å². The van der Waals surface area contributed by atoms with Crippen LogP contribution in [0.4, 0.5) is 5.69 Å². The molecule has 1 atom stereocenters. The maximum absolute atomic E-state index is 13.1. The molecular weight excluding hydrogens is 430 g/mol. The topological polar surface area (TPSA) is 107 Å². The molecule has 0 spiro atoms. The van der Waals surface area contributed by atoms with Gasteiger partial charge in [-0.05, 0) is 56.5 Å². The molecule has 0 aliphatic rings. The summed E-state index contributed by atoms with van der Waals surface area (Å²) in [4.78, 5) is 54.7. The number of carbonyl (C=O) groups excluding carboxylic acids is 3. The fourth-order valence-electron chi connectivity index (χ4n) is 3.08. The van der Waals surface area contributed by atoms with E-state index in [-0.39, 0.29) is 18.3 Å². The Hall–Kier alpha value is -3.33. The minimum absolute atomic E-state index is 0.0687. The van der Waals surface area contributed by atoms with Crippen LogP contribution in [0.15, 0.2) is 35.4 Å². The average Bonchev–Trinajstić information content (AvgIpc) is 3.09. The van der Waals surface area contributed by atoms with Crippen LogP contribution in [0.5, 0.6) is 0 Å². The summed E-state index contributed by atoms with van der Waals surface area (Å²) in [6.45, 7) is 8.90. The van der Waals surface area contributed by atoms with Crippen LogP contribution < -0.4 is 10.9 Å². The molecule has 0 radical (unpaired) electrons. The van der Waals surface area contributed by atoms with Crippen molar-refractivity contribution in [3.63, 3.8) is 0 Å². The molecule has 0 saturated carbocycles. The predicted octanol–water partition coefficient (Wildman–Crippen LogP) is 3.98. The molecule has 1 amide bonds. The van der Waals surface area contributed by atoms with Gasteiger partial charge in [0.05, 0.1) is 18.3 Å². The summed E-state index contributed by atoms with van der Waals surface area (Å²) in [5, 5.41) is 3.04. The number of nitrogens with zero attached hydrogens (tertiary/aromatic N) is 2. The fraction of sp³-hybridized carbons (Fsp3) is 0.348. The van der Waals surface area contributed by atoms with E-state index in [1.807, 2.05) is 13.8 Å². The van der Waals surface area contributed by atoms with Crippen LogP contribution in [0.3, 0.4) is 0 Å². The van der Waals surface area contributed by atoms with Crippen molar-refractivity contribution in [1.29, 1.82) is 0 Å². The van der Waals surface area contributed by atoms with Crippen LogP contribution in [0.25, 0.3) is 10.2 Å². The van der Waals surface area contributed by atoms with Crippen molar-refractivity contribution >= 4 is 44.9 Å². The van der Waals surface area contributed by atoms with E-state index in [4.69, 9.17) is 4.74 Å². The number of ketones is 1. The summed E-state index contributed by atoms with van der Waals surface area (Å²) in [6.07, 6.45) is 1.31. The largest absolute Gasteiger partial charge is 0.461 e. The van der Waals surface area contributed by atoms with Crippen LogP contribution in [-0.2, 0) is 9.53 Å². The number of amides is 1. The Bertz CT molecular complexity index is 1240. The van der Waals surface area contributed by atoms with Gasteiger partial charge in [0, 0.05) is 11.3 Å². The molecule has 0 saturated heterocycles. The number of benzene rings is 1. The van der Waals surface area contributed by atoms with Gasteiger partial charge in [-0.3, -0.25) is 19.0 Å². The number of ether oxygens (including phenoxy) is 1. The molecule has 3 rings (SSSR count). The van der Waals surface area contributed by atoms with Crippen molar-refractivity contribution in [2.24, 2.45) is 5.92 Å². The zero-order chi connectivity index (χ0) is 23.6. The first-order chi connectivity index (χ1) is 15.1. The Balaban J connectivity index is 1.86. The SMILES string of the molecule is CC(=O)c1ccc(NC(=O)C(C)n2cnc3sc(C(=O)OCC(C)C)c(C)c3c2=O)cc1. The molecule has 1 N–H and O–H groups in total. The summed E-state index contributed by atoms with van der Waals surface area (Å²) in [5.74, 6) is -0.763. The maximum atomic E-state index is 13.1. The van der Waals surface area contributed by atoms with Crippen LogP contribution in [0, 0.1) is 12.8 Å². The smallest absolute Gasteiger partial charge is 0.348 e. The van der Waals surface area contributed by atoms with E-state index < -0.39 is 23.5 Å². The van der Waals surface area contributed by atoms with E-state index >= 15 is 0 Å². The van der Waals surface area contributed by atoms with Gasteiger partial charge in [-0.25, -0.2) is 9.78 Å². The van der Waals surface area contributed by atoms with Crippen molar-refractivity contribution in [2.75, 3.05) is 11.9 Å². The highest BCUT2D eigenvalue weighted by Gasteiger charge is 2.23. The van der Waals surface area contributed by atoms with E-state index in [0.717, 1.165) is 11.3 Å². The van der Waals surface area contributed by atoms with Crippen molar-refractivity contribution in [3.05, 3.63) is 57.0 Å². The second-order valence-electron chi connectivity index (χ2n) is 7.98. The van der Waals surface area contributed by atoms with Crippen LogP contribution in [-0.4, -0.2) is 33.8 Å². The van der Waals surface area contributed by atoms with Crippen molar-refractivity contribution in [2.45, 2.75) is 40.7 Å². The summed E-state index contributed by atoms with van der Waals surface area (Å²) < 4.78 is 6.54. The Morgan fingerprint density at radius 2 is 1.81 bits per heavy atom. The van der Waals surface area contributed by atoms with Crippen LogP contribution in [0.2, 0.25) is 0 Å². The third-order valence-corrected chi connectivity index (χ3v) is 6.14. The van der Waals surface area contributed by atoms with Crippen molar-refractivity contribution in [1.82, 2.24) is 9.55 Å². The van der Waals surface area contributed by atoms with E-state index in [2.05, 4.69) is 10.3 Å². The lowest BCUT2D eigenvalue weighted by atomic mass is 10.1. The lowest BCUT2D eigenvalue weighted by Crippen LogP contribution is -2.31. The van der Waals surface area contributed by atoms with E-state index in [9.17, 15) is 19.2 Å². The lowest BCUT2D eigenvalue weighted by Gasteiger charge is -2.15. The Morgan fingerprint density at radius 3 is 2.41 bits per heavy atom. The van der Waals surface area contributed by atoms with Gasteiger partial charge in [0.15, 0.2) is 5.78 Å². The molecule has 0 fully saturated rings. The first-order valence-electron chi connectivity index (χ1n) is 10.2. The number of carbonyl (C=O) groups is 3. The number of aryl methyl sites for hydroxylation is 1. The second-order valence-corrected chi connectivity index (χ2v) is 8.98.